The van der Waals surface area contributed by atoms with Gasteiger partial charge in [0.15, 0.2) is 0 Å². The van der Waals surface area contributed by atoms with Crippen molar-refractivity contribution in [3.05, 3.63) is 95.6 Å². The lowest BCUT2D eigenvalue weighted by molar-refractivity contribution is 0.670. The lowest BCUT2D eigenvalue weighted by Gasteiger charge is -2.08. The molecule has 134 valence electrons. The highest BCUT2D eigenvalue weighted by atomic mass is 16.3. The summed E-state index contributed by atoms with van der Waals surface area (Å²) in [6.45, 7) is 2.22. The number of hydrogen-bond acceptors (Lipinski definition) is 1. The summed E-state index contributed by atoms with van der Waals surface area (Å²) in [6, 6.07) is 28.6. The van der Waals surface area contributed by atoms with Crippen molar-refractivity contribution in [3.8, 4) is 22.3 Å². The highest BCUT2D eigenvalue weighted by Gasteiger charge is 2.20. The van der Waals surface area contributed by atoms with Gasteiger partial charge in [0.05, 0.1) is 0 Å². The fourth-order valence-electron chi connectivity index (χ4n) is 4.58. The maximum atomic E-state index is 6.26. The van der Waals surface area contributed by atoms with Crippen LogP contribution in [0.15, 0.2) is 83.3 Å². The fraction of sp³-hybridized carbons (Fsp3) is 0.111. The third-order valence-electron chi connectivity index (χ3n) is 6.08. The van der Waals surface area contributed by atoms with Crippen molar-refractivity contribution in [1.82, 2.24) is 0 Å². The van der Waals surface area contributed by atoms with Gasteiger partial charge in [0, 0.05) is 16.3 Å². The van der Waals surface area contributed by atoms with Crippen LogP contribution in [-0.4, -0.2) is 0 Å². The minimum absolute atomic E-state index is 0.948. The average molecular weight is 360 g/mol. The van der Waals surface area contributed by atoms with E-state index < -0.39 is 0 Å². The van der Waals surface area contributed by atoms with Crippen LogP contribution in [0.3, 0.4) is 0 Å². The Morgan fingerprint density at radius 1 is 0.714 bits per heavy atom. The first-order chi connectivity index (χ1) is 13.8. The van der Waals surface area contributed by atoms with Crippen molar-refractivity contribution in [2.45, 2.75) is 19.8 Å². The van der Waals surface area contributed by atoms with E-state index in [1.165, 1.54) is 44.2 Å². The molecule has 1 heterocycles. The molecule has 0 unspecified atom stereocenters. The van der Waals surface area contributed by atoms with Crippen LogP contribution < -0.4 is 0 Å². The Labute approximate surface area is 164 Å². The molecule has 1 aromatic heterocycles. The highest BCUT2D eigenvalue weighted by molar-refractivity contribution is 6.09. The van der Waals surface area contributed by atoms with Gasteiger partial charge in [-0.05, 0) is 58.4 Å². The summed E-state index contributed by atoms with van der Waals surface area (Å²) in [7, 11) is 0. The Morgan fingerprint density at radius 3 is 2.39 bits per heavy atom. The summed E-state index contributed by atoms with van der Waals surface area (Å²) in [6.07, 6.45) is 2.10. The largest absolute Gasteiger partial charge is 0.455 e. The second-order valence-corrected chi connectivity index (χ2v) is 7.67. The zero-order valence-electron chi connectivity index (χ0n) is 15.8. The first-order valence-electron chi connectivity index (χ1n) is 9.97. The van der Waals surface area contributed by atoms with E-state index in [0.717, 1.165) is 29.6 Å². The smallest absolute Gasteiger partial charge is 0.143 e. The molecule has 0 amide bonds. The first-order valence-corrected chi connectivity index (χ1v) is 9.97. The van der Waals surface area contributed by atoms with Gasteiger partial charge in [0.1, 0.15) is 11.2 Å². The van der Waals surface area contributed by atoms with Gasteiger partial charge in [0.25, 0.3) is 0 Å². The van der Waals surface area contributed by atoms with Gasteiger partial charge in [-0.3, -0.25) is 0 Å². The standard InChI is InChI=1S/C27H20O/c1-2-17-10-11-18-15-19-12-13-20(16-25(19)24(18)14-17)21-7-5-8-23-22-6-3-4-9-26(22)28-27(21)23/h3-14,16H,2,15H2,1H3. The molecule has 0 saturated carbocycles. The average Bonchev–Trinajstić information content (AvgIpc) is 3.30. The van der Waals surface area contributed by atoms with E-state index in [1.54, 1.807) is 0 Å². The van der Waals surface area contributed by atoms with Crippen molar-refractivity contribution < 1.29 is 4.42 Å². The molecule has 1 nitrogen and oxygen atoms in total. The van der Waals surface area contributed by atoms with Crippen molar-refractivity contribution in [1.29, 1.82) is 0 Å². The van der Waals surface area contributed by atoms with Gasteiger partial charge in [-0.25, -0.2) is 0 Å². The Morgan fingerprint density at radius 2 is 1.50 bits per heavy atom. The molecule has 0 bridgehead atoms. The van der Waals surface area contributed by atoms with Gasteiger partial charge in [0.2, 0.25) is 0 Å². The molecule has 0 N–H and O–H groups in total. The van der Waals surface area contributed by atoms with Gasteiger partial charge in [-0.15, -0.1) is 0 Å². The van der Waals surface area contributed by atoms with E-state index in [-0.39, 0.29) is 0 Å². The number of para-hydroxylation sites is 2. The number of fused-ring (bicyclic) bond motifs is 6. The van der Waals surface area contributed by atoms with Crippen LogP contribution in [0.4, 0.5) is 0 Å². The molecular weight excluding hydrogens is 340 g/mol. The zero-order valence-corrected chi connectivity index (χ0v) is 15.8. The molecule has 6 rings (SSSR count). The predicted molar refractivity (Wildman–Crippen MR) is 117 cm³/mol. The number of furan rings is 1. The molecule has 4 aromatic carbocycles. The minimum Gasteiger partial charge on any atom is -0.455 e. The molecular formula is C27H20O. The first kappa shape index (κ1) is 15.7. The monoisotopic (exact) mass is 360 g/mol. The Hall–Kier alpha value is -3.32. The van der Waals surface area contributed by atoms with Crippen molar-refractivity contribution in [3.63, 3.8) is 0 Å². The van der Waals surface area contributed by atoms with Crippen LogP contribution in [0.2, 0.25) is 0 Å². The van der Waals surface area contributed by atoms with E-state index in [2.05, 4.69) is 73.7 Å². The molecule has 0 aliphatic heterocycles. The Bertz CT molecular complexity index is 1370. The molecule has 1 aliphatic carbocycles. The number of aryl methyl sites for hydroxylation is 1. The van der Waals surface area contributed by atoms with Gasteiger partial charge in [-0.2, -0.15) is 0 Å². The summed E-state index contributed by atoms with van der Waals surface area (Å²) >= 11 is 0. The number of benzene rings is 4. The summed E-state index contributed by atoms with van der Waals surface area (Å²) in [5.41, 5.74) is 11.3. The summed E-state index contributed by atoms with van der Waals surface area (Å²) < 4.78 is 6.26. The normalized spacial score (nSPS) is 12.5. The van der Waals surface area contributed by atoms with E-state index >= 15 is 0 Å². The molecule has 0 spiro atoms. The lowest BCUT2D eigenvalue weighted by Crippen LogP contribution is -1.85. The van der Waals surface area contributed by atoms with Crippen LogP contribution in [-0.2, 0) is 12.8 Å². The lowest BCUT2D eigenvalue weighted by atomic mass is 9.96. The van der Waals surface area contributed by atoms with E-state index in [9.17, 15) is 0 Å². The predicted octanol–water partition coefficient (Wildman–Crippen LogP) is 7.39. The maximum Gasteiger partial charge on any atom is 0.143 e. The number of rotatable bonds is 2. The zero-order chi connectivity index (χ0) is 18.7. The third-order valence-corrected chi connectivity index (χ3v) is 6.08. The van der Waals surface area contributed by atoms with Gasteiger partial charge < -0.3 is 4.42 Å². The maximum absolute atomic E-state index is 6.26. The summed E-state index contributed by atoms with van der Waals surface area (Å²) in [5.74, 6) is 0. The summed E-state index contributed by atoms with van der Waals surface area (Å²) in [4.78, 5) is 0. The van der Waals surface area contributed by atoms with Crippen molar-refractivity contribution in [2.75, 3.05) is 0 Å². The number of hydrogen-bond donors (Lipinski definition) is 0. The Kier molecular flexibility index (Phi) is 3.28. The van der Waals surface area contributed by atoms with Crippen LogP contribution in [0, 0.1) is 0 Å². The van der Waals surface area contributed by atoms with Crippen molar-refractivity contribution in [2.24, 2.45) is 0 Å². The van der Waals surface area contributed by atoms with Crippen LogP contribution in [0.1, 0.15) is 23.6 Å². The van der Waals surface area contributed by atoms with E-state index in [4.69, 9.17) is 4.42 Å². The minimum atomic E-state index is 0.948. The quantitative estimate of drug-likeness (QED) is 0.314. The van der Waals surface area contributed by atoms with Gasteiger partial charge in [-0.1, -0.05) is 73.7 Å². The van der Waals surface area contributed by atoms with Crippen molar-refractivity contribution >= 4 is 21.9 Å². The van der Waals surface area contributed by atoms with E-state index in [0.29, 0.717) is 0 Å². The molecule has 1 heteroatoms. The molecule has 0 radical (unpaired) electrons. The molecule has 0 saturated heterocycles. The Balaban J connectivity index is 1.58. The topological polar surface area (TPSA) is 13.1 Å². The molecule has 28 heavy (non-hydrogen) atoms. The molecule has 1 aliphatic rings. The summed E-state index contributed by atoms with van der Waals surface area (Å²) in [5, 5.41) is 2.36. The van der Waals surface area contributed by atoms with Gasteiger partial charge >= 0.3 is 0 Å². The second-order valence-electron chi connectivity index (χ2n) is 7.67. The molecule has 0 fully saturated rings. The second kappa shape index (κ2) is 5.84. The highest BCUT2D eigenvalue weighted by Crippen LogP contribution is 2.41. The third kappa shape index (κ3) is 2.20. The van der Waals surface area contributed by atoms with Crippen LogP contribution >= 0.6 is 0 Å². The SMILES string of the molecule is CCc1ccc2c(c1)-c1cc(-c3cccc4c3oc3ccccc34)ccc1C2. The fourth-order valence-corrected chi connectivity index (χ4v) is 4.58. The van der Waals surface area contributed by atoms with E-state index in [1.807, 2.05) is 12.1 Å². The van der Waals surface area contributed by atoms with Crippen LogP contribution in [0.25, 0.3) is 44.2 Å². The molecule has 5 aromatic rings. The molecule has 0 atom stereocenters. The van der Waals surface area contributed by atoms with Crippen LogP contribution in [0.5, 0.6) is 0 Å².